The molecule has 0 bridgehead atoms. The fourth-order valence-electron chi connectivity index (χ4n) is 5.88. The van der Waals surface area contributed by atoms with E-state index < -0.39 is 17.5 Å². The predicted octanol–water partition coefficient (Wildman–Crippen LogP) is 4.00. The molecule has 12 heteroatoms. The lowest BCUT2D eigenvalue weighted by molar-refractivity contribution is -0.128. The Balaban J connectivity index is 1.59. The number of hydrogen-bond donors (Lipinski definition) is 1. The van der Waals surface area contributed by atoms with Crippen molar-refractivity contribution in [2.75, 3.05) is 24.6 Å². The third-order valence-corrected chi connectivity index (χ3v) is 8.09. The molecule has 212 valence electrons. The van der Waals surface area contributed by atoms with E-state index in [1.807, 2.05) is 18.7 Å². The van der Waals surface area contributed by atoms with E-state index in [4.69, 9.17) is 16.3 Å². The second-order valence-electron chi connectivity index (χ2n) is 10.4. The Hall–Kier alpha value is -4.38. The first kappa shape index (κ1) is 26.8. The summed E-state index contributed by atoms with van der Waals surface area (Å²) in [5.74, 6) is -0.577. The van der Waals surface area contributed by atoms with Crippen LogP contribution in [0.15, 0.2) is 60.2 Å². The number of phenolic OH excluding ortho intramolecular Hbond substituents is 1. The minimum Gasteiger partial charge on any atom is -0.507 e. The normalized spacial score (nSPS) is 20.2. The summed E-state index contributed by atoms with van der Waals surface area (Å²) in [6.45, 7) is 8.70. The van der Waals surface area contributed by atoms with Crippen molar-refractivity contribution in [3.8, 4) is 22.6 Å². The lowest BCUT2D eigenvalue weighted by atomic mass is 9.98. The molecule has 0 spiro atoms. The second-order valence-corrected chi connectivity index (χ2v) is 10.8. The molecule has 1 saturated heterocycles. The smallest absolute Gasteiger partial charge is 0.350 e. The lowest BCUT2D eigenvalue weighted by Crippen LogP contribution is -2.58. The lowest BCUT2D eigenvalue weighted by Gasteiger charge is -2.45. The first-order chi connectivity index (χ1) is 19.7. The molecule has 2 aromatic carbocycles. The van der Waals surface area contributed by atoms with E-state index in [9.17, 15) is 14.7 Å². The molecule has 4 aromatic rings. The Morgan fingerprint density at radius 2 is 2.05 bits per heavy atom. The van der Waals surface area contributed by atoms with Crippen LogP contribution in [0.25, 0.3) is 22.0 Å². The molecular formula is C29H28ClFN6O4. The van der Waals surface area contributed by atoms with Crippen LogP contribution in [0.3, 0.4) is 0 Å². The van der Waals surface area contributed by atoms with Crippen LogP contribution in [0.4, 0.5) is 10.2 Å². The van der Waals surface area contributed by atoms with Gasteiger partial charge in [-0.25, -0.2) is 9.18 Å². The van der Waals surface area contributed by atoms with Gasteiger partial charge < -0.3 is 19.6 Å². The van der Waals surface area contributed by atoms with Crippen molar-refractivity contribution in [2.24, 2.45) is 0 Å². The van der Waals surface area contributed by atoms with Gasteiger partial charge in [0.25, 0.3) is 0 Å². The van der Waals surface area contributed by atoms with Crippen LogP contribution in [0, 0.1) is 5.82 Å². The van der Waals surface area contributed by atoms with Gasteiger partial charge >= 0.3 is 5.69 Å². The van der Waals surface area contributed by atoms with E-state index in [0.29, 0.717) is 36.4 Å². The number of nitrogens with zero attached hydrogens (tertiary/aromatic N) is 6. The van der Waals surface area contributed by atoms with E-state index in [1.54, 1.807) is 38.7 Å². The summed E-state index contributed by atoms with van der Waals surface area (Å²) < 4.78 is 24.7. The molecule has 6 rings (SSSR count). The fourth-order valence-corrected chi connectivity index (χ4v) is 6.17. The Kier molecular flexibility index (Phi) is 6.69. The minimum absolute atomic E-state index is 0.0707. The van der Waals surface area contributed by atoms with Gasteiger partial charge in [0.1, 0.15) is 24.0 Å². The van der Waals surface area contributed by atoms with E-state index >= 15 is 4.39 Å². The standard InChI is InChI=1S/C29H28ClFN6O4/c1-4-23(39)35-12-17(3)36(13-16(35)2)28-19-11-20(30)24(25-21(31)7-5-8-22(25)38)27-26(19)37(29(40)33-28)18(15-41-27)14-34-10-6-9-32-34/h4-11,16-18,38H,1,12-15H2,2-3H3/t16-,17+,18-/m1/s1. The number of piperazine rings is 1. The zero-order valence-corrected chi connectivity index (χ0v) is 23.3. The molecule has 2 aliphatic heterocycles. The summed E-state index contributed by atoms with van der Waals surface area (Å²) in [5.41, 5.74) is -0.0733. The molecule has 1 fully saturated rings. The average molecular weight is 579 g/mol. The zero-order chi connectivity index (χ0) is 29.0. The Morgan fingerprint density at radius 3 is 2.76 bits per heavy atom. The van der Waals surface area contributed by atoms with Crippen LogP contribution in [0.5, 0.6) is 11.5 Å². The number of amides is 1. The van der Waals surface area contributed by atoms with Gasteiger partial charge in [-0.1, -0.05) is 24.2 Å². The van der Waals surface area contributed by atoms with Crippen molar-refractivity contribution in [3.63, 3.8) is 0 Å². The molecule has 2 aliphatic rings. The average Bonchev–Trinajstić information content (AvgIpc) is 3.46. The highest BCUT2D eigenvalue weighted by molar-refractivity contribution is 6.35. The SMILES string of the molecule is C=CC(=O)N1C[C@H](C)N(c2nc(=O)n3c4c(c(-c5c(O)cccc5F)c(Cl)cc24)OC[C@H]3Cn2cccn2)C[C@H]1C. The molecule has 3 atom stereocenters. The van der Waals surface area contributed by atoms with Gasteiger partial charge in [0, 0.05) is 43.0 Å². The van der Waals surface area contributed by atoms with Crippen LogP contribution >= 0.6 is 11.6 Å². The minimum atomic E-state index is -0.682. The van der Waals surface area contributed by atoms with E-state index in [0.717, 1.165) is 0 Å². The second kappa shape index (κ2) is 10.2. The van der Waals surface area contributed by atoms with Gasteiger partial charge in [-0.3, -0.25) is 14.0 Å². The molecular weight excluding hydrogens is 551 g/mol. The summed E-state index contributed by atoms with van der Waals surface area (Å²) >= 11 is 6.82. The molecule has 4 heterocycles. The number of ether oxygens (including phenoxy) is 1. The Morgan fingerprint density at radius 1 is 1.24 bits per heavy atom. The molecule has 0 unspecified atom stereocenters. The number of anilines is 1. The largest absolute Gasteiger partial charge is 0.507 e. The van der Waals surface area contributed by atoms with E-state index in [-0.39, 0.29) is 52.2 Å². The van der Waals surface area contributed by atoms with Crippen molar-refractivity contribution in [1.29, 1.82) is 0 Å². The Labute approximate surface area is 239 Å². The van der Waals surface area contributed by atoms with Gasteiger partial charge in [0.2, 0.25) is 5.91 Å². The number of benzene rings is 2. The highest BCUT2D eigenvalue weighted by atomic mass is 35.5. The number of carbonyl (C=O) groups excluding carboxylic acids is 1. The molecule has 1 N–H and O–H groups in total. The highest BCUT2D eigenvalue weighted by Crippen LogP contribution is 2.49. The fraction of sp³-hybridized carbons (Fsp3) is 0.310. The monoisotopic (exact) mass is 578 g/mol. The molecule has 10 nitrogen and oxygen atoms in total. The first-order valence-corrected chi connectivity index (χ1v) is 13.6. The van der Waals surface area contributed by atoms with Crippen LogP contribution in [0.2, 0.25) is 5.02 Å². The van der Waals surface area contributed by atoms with Gasteiger partial charge in [-0.15, -0.1) is 0 Å². The van der Waals surface area contributed by atoms with E-state index in [1.165, 1.54) is 24.3 Å². The maximum Gasteiger partial charge on any atom is 0.350 e. The molecule has 0 radical (unpaired) electrons. The molecule has 2 aromatic heterocycles. The number of rotatable bonds is 5. The number of aromatic nitrogens is 4. The third-order valence-electron chi connectivity index (χ3n) is 7.80. The van der Waals surface area contributed by atoms with Crippen molar-refractivity contribution >= 4 is 34.2 Å². The first-order valence-electron chi connectivity index (χ1n) is 13.3. The highest BCUT2D eigenvalue weighted by Gasteiger charge is 2.36. The van der Waals surface area contributed by atoms with E-state index in [2.05, 4.69) is 16.7 Å². The van der Waals surface area contributed by atoms with Gasteiger partial charge in [0.05, 0.1) is 34.3 Å². The number of halogens is 2. The molecule has 0 saturated carbocycles. The van der Waals surface area contributed by atoms with Gasteiger partial charge in [0.15, 0.2) is 5.75 Å². The zero-order valence-electron chi connectivity index (χ0n) is 22.5. The maximum atomic E-state index is 15.1. The predicted molar refractivity (Wildman–Crippen MR) is 153 cm³/mol. The summed E-state index contributed by atoms with van der Waals surface area (Å²) in [6, 6.07) is 6.57. The summed E-state index contributed by atoms with van der Waals surface area (Å²) in [5, 5.41) is 15.6. The molecule has 0 aliphatic carbocycles. The molecule has 41 heavy (non-hydrogen) atoms. The number of carbonyl (C=O) groups is 1. The number of hydrogen-bond acceptors (Lipinski definition) is 7. The van der Waals surface area contributed by atoms with Crippen LogP contribution < -0.4 is 15.3 Å². The number of aromatic hydroxyl groups is 1. The van der Waals surface area contributed by atoms with Crippen molar-refractivity contribution in [3.05, 3.63) is 76.7 Å². The Bertz CT molecular complexity index is 1720. The van der Waals surface area contributed by atoms with Crippen LogP contribution in [0.1, 0.15) is 19.9 Å². The van der Waals surface area contributed by atoms with Crippen LogP contribution in [-0.4, -0.2) is 67.0 Å². The molecule has 1 amide bonds. The van der Waals surface area contributed by atoms with Gasteiger partial charge in [-0.2, -0.15) is 10.1 Å². The van der Waals surface area contributed by atoms with Crippen molar-refractivity contribution in [2.45, 2.75) is 38.5 Å². The quantitative estimate of drug-likeness (QED) is 0.357. The summed E-state index contributed by atoms with van der Waals surface area (Å²) in [7, 11) is 0. The van der Waals surface area contributed by atoms with Crippen LogP contribution in [-0.2, 0) is 11.3 Å². The summed E-state index contributed by atoms with van der Waals surface area (Å²) in [6.07, 6.45) is 4.73. The summed E-state index contributed by atoms with van der Waals surface area (Å²) in [4.78, 5) is 34.5. The maximum absolute atomic E-state index is 15.1. The topological polar surface area (TPSA) is 106 Å². The number of phenols is 1. The van der Waals surface area contributed by atoms with Crippen molar-refractivity contribution < 1.29 is 19.0 Å². The third kappa shape index (κ3) is 4.40. The van der Waals surface area contributed by atoms with Gasteiger partial charge in [-0.05, 0) is 44.2 Å². The van der Waals surface area contributed by atoms with Crippen molar-refractivity contribution in [1.82, 2.24) is 24.2 Å².